The van der Waals surface area contributed by atoms with Crippen molar-refractivity contribution in [2.24, 2.45) is 0 Å². The van der Waals surface area contributed by atoms with Crippen LogP contribution in [0, 0.1) is 0 Å². The van der Waals surface area contributed by atoms with Gasteiger partial charge in [-0.1, -0.05) is 6.92 Å². The number of thiazole rings is 1. The van der Waals surface area contributed by atoms with Crippen LogP contribution in [-0.2, 0) is 17.7 Å². The molecule has 0 bridgehead atoms. The van der Waals surface area contributed by atoms with Crippen molar-refractivity contribution in [1.29, 1.82) is 0 Å². The highest BCUT2D eigenvalue weighted by Crippen LogP contribution is 2.17. The van der Waals surface area contributed by atoms with Gasteiger partial charge in [0.1, 0.15) is 10.6 Å². The van der Waals surface area contributed by atoms with Crippen LogP contribution < -0.4 is 5.32 Å². The Bertz CT molecular complexity index is 488. The van der Waals surface area contributed by atoms with Crippen molar-refractivity contribution in [2.75, 3.05) is 13.1 Å². The Morgan fingerprint density at radius 2 is 2.14 bits per heavy atom. The Morgan fingerprint density at radius 3 is 2.68 bits per heavy atom. The molecule has 0 saturated carbocycles. The normalized spacial score (nSPS) is 16.8. The molecule has 1 saturated heterocycles. The molecule has 5 nitrogen and oxygen atoms in total. The Morgan fingerprint density at radius 1 is 1.45 bits per heavy atom. The summed E-state index contributed by atoms with van der Waals surface area (Å²) in [7, 11) is 0. The Hall–Kier alpha value is -1.14. The zero-order valence-corrected chi connectivity index (χ0v) is 14.8. The van der Waals surface area contributed by atoms with E-state index in [1.807, 2.05) is 31.9 Å². The second-order valence-electron chi connectivity index (χ2n) is 6.70. The van der Waals surface area contributed by atoms with Crippen LogP contribution in [0.1, 0.15) is 50.4 Å². The molecule has 1 fully saturated rings. The molecule has 0 atom stereocenters. The largest absolute Gasteiger partial charge is 0.444 e. The van der Waals surface area contributed by atoms with Crippen molar-refractivity contribution < 1.29 is 9.53 Å². The average molecular weight is 325 g/mol. The molecule has 124 valence electrons. The minimum absolute atomic E-state index is 0.196. The maximum Gasteiger partial charge on any atom is 0.410 e. The number of aryl methyl sites for hydroxylation is 1. The first kappa shape index (κ1) is 17.2. The molecule has 6 heteroatoms. The zero-order valence-electron chi connectivity index (χ0n) is 14.0. The highest BCUT2D eigenvalue weighted by atomic mass is 32.1. The Kier molecular flexibility index (Phi) is 5.81. The monoisotopic (exact) mass is 325 g/mol. The fourth-order valence-corrected chi connectivity index (χ4v) is 3.23. The standard InChI is InChI=1S/C16H27N3O2S/c1-5-13-10-18-14(22-13)11-17-12-6-8-19(9-7-12)15(20)21-16(2,3)4/h10,12,17H,5-9,11H2,1-4H3. The fraction of sp³-hybridized carbons (Fsp3) is 0.750. The predicted molar refractivity (Wildman–Crippen MR) is 89.2 cm³/mol. The van der Waals surface area contributed by atoms with Crippen LogP contribution in [0.5, 0.6) is 0 Å². The first-order valence-electron chi connectivity index (χ1n) is 8.02. The van der Waals surface area contributed by atoms with Crippen molar-refractivity contribution in [3.05, 3.63) is 16.1 Å². The number of carbonyl (C=O) groups is 1. The molecular formula is C16H27N3O2S. The molecule has 1 N–H and O–H groups in total. The first-order valence-corrected chi connectivity index (χ1v) is 8.84. The van der Waals surface area contributed by atoms with E-state index in [-0.39, 0.29) is 6.09 Å². The van der Waals surface area contributed by atoms with Crippen LogP contribution in [0.2, 0.25) is 0 Å². The third kappa shape index (κ3) is 5.25. The molecule has 1 aromatic rings. The zero-order chi connectivity index (χ0) is 16.2. The van der Waals surface area contributed by atoms with E-state index in [9.17, 15) is 4.79 Å². The average Bonchev–Trinajstić information content (AvgIpc) is 2.92. The second kappa shape index (κ2) is 7.42. The van der Waals surface area contributed by atoms with Gasteiger partial charge < -0.3 is 15.0 Å². The molecule has 1 aromatic heterocycles. The van der Waals surface area contributed by atoms with Gasteiger partial charge in [-0.25, -0.2) is 9.78 Å². The van der Waals surface area contributed by atoms with Gasteiger partial charge in [0.2, 0.25) is 0 Å². The van der Waals surface area contributed by atoms with Gasteiger partial charge in [0.05, 0.1) is 0 Å². The van der Waals surface area contributed by atoms with E-state index in [0.717, 1.165) is 43.9 Å². The van der Waals surface area contributed by atoms with Gasteiger partial charge >= 0.3 is 6.09 Å². The van der Waals surface area contributed by atoms with Crippen molar-refractivity contribution >= 4 is 17.4 Å². The third-order valence-corrected chi connectivity index (χ3v) is 4.78. The summed E-state index contributed by atoms with van der Waals surface area (Å²) in [5, 5.41) is 4.70. The van der Waals surface area contributed by atoms with Crippen LogP contribution in [0.4, 0.5) is 4.79 Å². The van der Waals surface area contributed by atoms with Crippen LogP contribution in [0.3, 0.4) is 0 Å². The van der Waals surface area contributed by atoms with E-state index in [1.54, 1.807) is 11.3 Å². The van der Waals surface area contributed by atoms with Gasteiger partial charge in [0.15, 0.2) is 0 Å². The number of aromatic nitrogens is 1. The minimum Gasteiger partial charge on any atom is -0.444 e. The Labute approximate surface area is 137 Å². The lowest BCUT2D eigenvalue weighted by molar-refractivity contribution is 0.0198. The lowest BCUT2D eigenvalue weighted by Gasteiger charge is -2.33. The number of carbonyl (C=O) groups excluding carboxylic acids is 1. The van der Waals surface area contributed by atoms with Crippen molar-refractivity contribution in [3.8, 4) is 0 Å². The summed E-state index contributed by atoms with van der Waals surface area (Å²) in [6.07, 6.45) is 4.74. The molecule has 2 rings (SSSR count). The van der Waals surface area contributed by atoms with Crippen molar-refractivity contribution in [3.63, 3.8) is 0 Å². The molecule has 1 aliphatic heterocycles. The van der Waals surface area contributed by atoms with Crippen molar-refractivity contribution in [1.82, 2.24) is 15.2 Å². The molecule has 2 heterocycles. The van der Waals surface area contributed by atoms with Crippen LogP contribution in [-0.4, -0.2) is 40.7 Å². The van der Waals surface area contributed by atoms with E-state index in [1.165, 1.54) is 4.88 Å². The third-order valence-electron chi connectivity index (χ3n) is 3.64. The molecule has 0 spiro atoms. The maximum absolute atomic E-state index is 12.0. The smallest absolute Gasteiger partial charge is 0.410 e. The first-order chi connectivity index (χ1) is 10.4. The predicted octanol–water partition coefficient (Wildman–Crippen LogP) is 3.19. The number of hydrogen-bond acceptors (Lipinski definition) is 5. The second-order valence-corrected chi connectivity index (χ2v) is 7.90. The number of rotatable bonds is 4. The van der Waals surface area contributed by atoms with E-state index in [4.69, 9.17) is 4.74 Å². The minimum atomic E-state index is -0.423. The van der Waals surface area contributed by atoms with Crippen molar-refractivity contribution in [2.45, 2.75) is 65.1 Å². The lowest BCUT2D eigenvalue weighted by Crippen LogP contribution is -2.46. The molecule has 0 radical (unpaired) electrons. The van der Waals surface area contributed by atoms with Gasteiger partial charge in [-0.15, -0.1) is 11.3 Å². The van der Waals surface area contributed by atoms with Crippen LogP contribution >= 0.6 is 11.3 Å². The molecular weight excluding hydrogens is 298 g/mol. The highest BCUT2D eigenvalue weighted by Gasteiger charge is 2.26. The van der Waals surface area contributed by atoms with Gasteiger partial charge in [-0.2, -0.15) is 0 Å². The topological polar surface area (TPSA) is 54.5 Å². The number of hydrogen-bond donors (Lipinski definition) is 1. The molecule has 0 aromatic carbocycles. The number of likely N-dealkylation sites (tertiary alicyclic amines) is 1. The maximum atomic E-state index is 12.0. The summed E-state index contributed by atoms with van der Waals surface area (Å²) in [6, 6.07) is 0.452. The summed E-state index contributed by atoms with van der Waals surface area (Å²) in [5.41, 5.74) is -0.423. The van der Waals surface area contributed by atoms with Gasteiger partial charge in [0, 0.05) is 36.8 Å². The highest BCUT2D eigenvalue weighted by molar-refractivity contribution is 7.11. The van der Waals surface area contributed by atoms with E-state index in [0.29, 0.717) is 6.04 Å². The van der Waals surface area contributed by atoms with Crippen LogP contribution in [0.25, 0.3) is 0 Å². The molecule has 0 unspecified atom stereocenters. The number of nitrogens with zero attached hydrogens (tertiary/aromatic N) is 2. The summed E-state index contributed by atoms with van der Waals surface area (Å²) in [6.45, 7) is 10.2. The Balaban J connectivity index is 1.72. The molecule has 22 heavy (non-hydrogen) atoms. The summed E-state index contributed by atoms with van der Waals surface area (Å²) >= 11 is 1.78. The van der Waals surface area contributed by atoms with E-state index in [2.05, 4.69) is 17.2 Å². The summed E-state index contributed by atoms with van der Waals surface area (Å²) in [5.74, 6) is 0. The summed E-state index contributed by atoms with van der Waals surface area (Å²) in [4.78, 5) is 19.6. The summed E-state index contributed by atoms with van der Waals surface area (Å²) < 4.78 is 5.42. The molecule has 1 aliphatic rings. The van der Waals surface area contributed by atoms with E-state index >= 15 is 0 Å². The van der Waals surface area contributed by atoms with Gasteiger partial charge in [0.25, 0.3) is 0 Å². The quantitative estimate of drug-likeness (QED) is 0.923. The SMILES string of the molecule is CCc1cnc(CNC2CCN(C(=O)OC(C)(C)C)CC2)s1. The lowest BCUT2D eigenvalue weighted by atomic mass is 10.1. The number of ether oxygens (including phenoxy) is 1. The van der Waals surface area contributed by atoms with Crippen LogP contribution in [0.15, 0.2) is 6.20 Å². The number of piperidine rings is 1. The molecule has 1 amide bonds. The fourth-order valence-electron chi connectivity index (χ4n) is 2.42. The number of amides is 1. The number of nitrogens with one attached hydrogen (secondary N) is 1. The van der Waals surface area contributed by atoms with Gasteiger partial charge in [-0.05, 0) is 40.0 Å². The van der Waals surface area contributed by atoms with E-state index < -0.39 is 5.60 Å². The van der Waals surface area contributed by atoms with Gasteiger partial charge in [-0.3, -0.25) is 0 Å². The molecule has 0 aliphatic carbocycles.